The highest BCUT2D eigenvalue weighted by Crippen LogP contribution is 2.37. The van der Waals surface area contributed by atoms with E-state index >= 15 is 0 Å². The number of phenolic OH excluding ortho intramolecular Hbond substituents is 1. The second kappa shape index (κ2) is 6.81. The molecule has 0 radical (unpaired) electrons. The highest BCUT2D eigenvalue weighted by Gasteiger charge is 2.18. The Balaban J connectivity index is 1.98. The summed E-state index contributed by atoms with van der Waals surface area (Å²) in [5, 5.41) is 13.4. The lowest BCUT2D eigenvalue weighted by Gasteiger charge is -2.22. The third-order valence-corrected chi connectivity index (χ3v) is 3.43. The predicted octanol–water partition coefficient (Wildman–Crippen LogP) is 2.27. The Morgan fingerprint density at radius 2 is 2.00 bits per heavy atom. The van der Waals surface area contributed by atoms with E-state index in [0.29, 0.717) is 37.2 Å². The van der Waals surface area contributed by atoms with Crippen LogP contribution in [0.15, 0.2) is 12.1 Å². The van der Waals surface area contributed by atoms with Crippen molar-refractivity contribution in [1.82, 2.24) is 5.32 Å². The Kier molecular flexibility index (Phi) is 5.09. The molecular formula is C15H23NO4. The molecule has 0 aromatic heterocycles. The van der Waals surface area contributed by atoms with Crippen molar-refractivity contribution >= 4 is 0 Å². The molecule has 112 valence electrons. The van der Waals surface area contributed by atoms with Crippen LogP contribution in [0.3, 0.4) is 0 Å². The van der Waals surface area contributed by atoms with Crippen molar-refractivity contribution in [2.75, 3.05) is 20.0 Å². The van der Waals surface area contributed by atoms with Crippen molar-refractivity contribution in [2.45, 2.75) is 33.4 Å². The summed E-state index contributed by atoms with van der Waals surface area (Å²) in [4.78, 5) is 0. The molecule has 0 saturated carbocycles. The molecule has 1 unspecified atom stereocenters. The molecule has 5 nitrogen and oxygen atoms in total. The fourth-order valence-electron chi connectivity index (χ4n) is 2.09. The van der Waals surface area contributed by atoms with Gasteiger partial charge in [-0.3, -0.25) is 0 Å². The van der Waals surface area contributed by atoms with Gasteiger partial charge in [-0.2, -0.15) is 0 Å². The second-order valence-electron chi connectivity index (χ2n) is 5.23. The number of benzene rings is 1. The largest absolute Gasteiger partial charge is 0.507 e. The third-order valence-electron chi connectivity index (χ3n) is 3.43. The molecule has 1 heterocycles. The van der Waals surface area contributed by atoms with Gasteiger partial charge in [0.15, 0.2) is 11.5 Å². The molecule has 1 atom stereocenters. The van der Waals surface area contributed by atoms with Crippen LogP contribution in [-0.2, 0) is 11.3 Å². The molecule has 0 saturated heterocycles. The first-order chi connectivity index (χ1) is 9.61. The molecule has 0 aliphatic carbocycles. The van der Waals surface area contributed by atoms with Crippen LogP contribution < -0.4 is 14.8 Å². The molecule has 20 heavy (non-hydrogen) atoms. The molecule has 2 N–H and O–H groups in total. The maximum atomic E-state index is 10.00. The van der Waals surface area contributed by atoms with Crippen molar-refractivity contribution in [3.8, 4) is 17.2 Å². The van der Waals surface area contributed by atoms with Gasteiger partial charge in [0.25, 0.3) is 0 Å². The normalized spacial score (nSPS) is 14.8. The zero-order chi connectivity index (χ0) is 14.5. The molecule has 1 aromatic rings. The quantitative estimate of drug-likeness (QED) is 0.803. The smallest absolute Gasteiger partial charge is 0.231 e. The Bertz CT molecular complexity index is 448. The number of hydrogen-bond donors (Lipinski definition) is 2. The van der Waals surface area contributed by atoms with Gasteiger partial charge < -0.3 is 24.6 Å². The van der Waals surface area contributed by atoms with E-state index in [1.165, 1.54) is 0 Å². The molecule has 0 amide bonds. The van der Waals surface area contributed by atoms with E-state index in [1.54, 1.807) is 6.07 Å². The summed E-state index contributed by atoms with van der Waals surface area (Å²) < 4.78 is 16.0. The highest BCUT2D eigenvalue weighted by molar-refractivity contribution is 5.51. The number of ether oxygens (including phenoxy) is 3. The summed E-state index contributed by atoms with van der Waals surface area (Å²) in [6.07, 6.45) is 0. The van der Waals surface area contributed by atoms with Gasteiger partial charge in [-0.15, -0.1) is 0 Å². The fraction of sp³-hybridized carbons (Fsp3) is 0.600. The van der Waals surface area contributed by atoms with E-state index in [4.69, 9.17) is 14.2 Å². The van der Waals surface area contributed by atoms with Crippen LogP contribution in [-0.4, -0.2) is 31.2 Å². The SMILES string of the molecule is CCOCC(NCc1cc2c(cc1O)OCO2)C(C)C. The van der Waals surface area contributed by atoms with Gasteiger partial charge in [0.2, 0.25) is 6.79 Å². The summed E-state index contributed by atoms with van der Waals surface area (Å²) in [7, 11) is 0. The zero-order valence-electron chi connectivity index (χ0n) is 12.3. The van der Waals surface area contributed by atoms with E-state index in [1.807, 2.05) is 13.0 Å². The van der Waals surface area contributed by atoms with E-state index < -0.39 is 0 Å². The van der Waals surface area contributed by atoms with Crippen LogP contribution in [0.2, 0.25) is 0 Å². The maximum absolute atomic E-state index is 10.00. The van der Waals surface area contributed by atoms with Crippen LogP contribution in [0, 0.1) is 5.92 Å². The summed E-state index contributed by atoms with van der Waals surface area (Å²) >= 11 is 0. The standard InChI is InChI=1S/C15H23NO4/c1-4-18-8-12(10(2)3)16-7-11-5-14-15(6-13(11)17)20-9-19-14/h5-6,10,12,16-17H,4,7-9H2,1-3H3. The molecule has 2 rings (SSSR count). The minimum absolute atomic E-state index is 0.213. The first-order valence-electron chi connectivity index (χ1n) is 7.04. The summed E-state index contributed by atoms with van der Waals surface area (Å²) in [6, 6.07) is 3.68. The number of nitrogens with one attached hydrogen (secondary N) is 1. The van der Waals surface area contributed by atoms with E-state index in [9.17, 15) is 5.11 Å². The molecule has 1 aliphatic heterocycles. The second-order valence-corrected chi connectivity index (χ2v) is 5.23. The molecule has 1 aromatic carbocycles. The minimum Gasteiger partial charge on any atom is -0.507 e. The first kappa shape index (κ1) is 14.9. The Morgan fingerprint density at radius 1 is 1.30 bits per heavy atom. The number of aromatic hydroxyl groups is 1. The van der Waals surface area contributed by atoms with Crippen LogP contribution in [0.1, 0.15) is 26.3 Å². The van der Waals surface area contributed by atoms with Gasteiger partial charge in [-0.05, 0) is 18.9 Å². The Morgan fingerprint density at radius 3 is 2.65 bits per heavy atom. The minimum atomic E-state index is 0.213. The van der Waals surface area contributed by atoms with Crippen molar-refractivity contribution in [3.05, 3.63) is 17.7 Å². The van der Waals surface area contributed by atoms with Crippen LogP contribution in [0.25, 0.3) is 0 Å². The number of fused-ring (bicyclic) bond motifs is 1. The summed E-state index contributed by atoms with van der Waals surface area (Å²) in [5.74, 6) is 1.96. The Labute approximate surface area is 119 Å². The van der Waals surface area contributed by atoms with Crippen molar-refractivity contribution in [1.29, 1.82) is 0 Å². The van der Waals surface area contributed by atoms with E-state index in [2.05, 4.69) is 19.2 Å². The van der Waals surface area contributed by atoms with Crippen LogP contribution in [0.5, 0.6) is 17.2 Å². The first-order valence-corrected chi connectivity index (χ1v) is 7.04. The van der Waals surface area contributed by atoms with Gasteiger partial charge in [0, 0.05) is 30.8 Å². The number of phenols is 1. The van der Waals surface area contributed by atoms with Crippen molar-refractivity contribution < 1.29 is 19.3 Å². The molecule has 0 fully saturated rings. The molecule has 0 spiro atoms. The van der Waals surface area contributed by atoms with Gasteiger partial charge in [0.05, 0.1) is 6.61 Å². The van der Waals surface area contributed by atoms with Crippen LogP contribution >= 0.6 is 0 Å². The van der Waals surface area contributed by atoms with Gasteiger partial charge in [-0.25, -0.2) is 0 Å². The monoisotopic (exact) mass is 281 g/mol. The summed E-state index contributed by atoms with van der Waals surface area (Å²) in [6.45, 7) is 8.44. The highest BCUT2D eigenvalue weighted by atomic mass is 16.7. The molecule has 1 aliphatic rings. The van der Waals surface area contributed by atoms with Gasteiger partial charge in [0.1, 0.15) is 5.75 Å². The zero-order valence-corrected chi connectivity index (χ0v) is 12.3. The third kappa shape index (κ3) is 3.55. The average molecular weight is 281 g/mol. The lowest BCUT2D eigenvalue weighted by molar-refractivity contribution is 0.107. The van der Waals surface area contributed by atoms with Crippen molar-refractivity contribution in [2.24, 2.45) is 5.92 Å². The Hall–Kier alpha value is -1.46. The van der Waals surface area contributed by atoms with Gasteiger partial charge >= 0.3 is 0 Å². The lowest BCUT2D eigenvalue weighted by Crippen LogP contribution is -2.37. The maximum Gasteiger partial charge on any atom is 0.231 e. The molecule has 0 bridgehead atoms. The molecular weight excluding hydrogens is 258 g/mol. The summed E-state index contributed by atoms with van der Waals surface area (Å²) in [5.41, 5.74) is 0.802. The average Bonchev–Trinajstić information content (AvgIpc) is 2.85. The van der Waals surface area contributed by atoms with E-state index in [-0.39, 0.29) is 18.6 Å². The predicted molar refractivity (Wildman–Crippen MR) is 76.2 cm³/mol. The van der Waals surface area contributed by atoms with E-state index in [0.717, 1.165) is 5.56 Å². The fourth-order valence-corrected chi connectivity index (χ4v) is 2.09. The lowest BCUT2D eigenvalue weighted by atomic mass is 10.0. The van der Waals surface area contributed by atoms with Crippen LogP contribution in [0.4, 0.5) is 0 Å². The number of rotatable bonds is 7. The molecule has 5 heteroatoms. The van der Waals surface area contributed by atoms with Crippen molar-refractivity contribution in [3.63, 3.8) is 0 Å². The number of hydrogen-bond acceptors (Lipinski definition) is 5. The topological polar surface area (TPSA) is 60.0 Å². The van der Waals surface area contributed by atoms with Gasteiger partial charge in [-0.1, -0.05) is 13.8 Å².